The first kappa shape index (κ1) is 15.0. The van der Waals surface area contributed by atoms with E-state index >= 15 is 0 Å². The lowest BCUT2D eigenvalue weighted by Crippen LogP contribution is -2.31. The number of carboxylic acids is 1. The Morgan fingerprint density at radius 2 is 2.05 bits per heavy atom. The van der Waals surface area contributed by atoms with Gasteiger partial charge in [0.1, 0.15) is 16.4 Å². The van der Waals surface area contributed by atoms with Crippen molar-refractivity contribution in [1.29, 1.82) is 0 Å². The molecular weight excluding hydrogens is 299 g/mol. The number of nitrogens with one attached hydrogen (secondary N) is 1. The summed E-state index contributed by atoms with van der Waals surface area (Å²) in [6.45, 7) is 1.58. The van der Waals surface area contributed by atoms with Crippen molar-refractivity contribution >= 4 is 21.7 Å². The summed E-state index contributed by atoms with van der Waals surface area (Å²) in [6, 6.07) is 6.49. The Morgan fingerprint density at radius 3 is 2.57 bits per heavy atom. The summed E-state index contributed by atoms with van der Waals surface area (Å²) in [5.41, 5.74) is -0.337. The smallest absolute Gasteiger partial charge is 0.352 e. The third-order valence-corrected chi connectivity index (χ3v) is 4.75. The van der Waals surface area contributed by atoms with E-state index in [0.29, 0.717) is 0 Å². The van der Waals surface area contributed by atoms with Gasteiger partial charge in [0, 0.05) is 12.7 Å². The number of para-hydroxylation sites is 1. The number of carboxylic acid groups (broad SMARTS) is 1. The molecular formula is C13H13FN2O4S. The van der Waals surface area contributed by atoms with Crippen molar-refractivity contribution in [2.45, 2.75) is 11.8 Å². The number of aromatic amines is 1. The summed E-state index contributed by atoms with van der Waals surface area (Å²) in [7, 11) is -4.04. The summed E-state index contributed by atoms with van der Waals surface area (Å²) < 4.78 is 39.7. The first-order chi connectivity index (χ1) is 9.87. The molecule has 2 aromatic rings. The number of sulfonamides is 1. The van der Waals surface area contributed by atoms with Crippen LogP contribution in [0.4, 0.5) is 10.1 Å². The highest BCUT2D eigenvalue weighted by molar-refractivity contribution is 7.92. The first-order valence-electron chi connectivity index (χ1n) is 6.07. The topological polar surface area (TPSA) is 90.5 Å². The minimum atomic E-state index is -4.04. The zero-order chi connectivity index (χ0) is 15.6. The van der Waals surface area contributed by atoms with E-state index in [9.17, 15) is 17.6 Å². The average molecular weight is 312 g/mol. The zero-order valence-electron chi connectivity index (χ0n) is 11.1. The van der Waals surface area contributed by atoms with Crippen molar-refractivity contribution in [1.82, 2.24) is 4.98 Å². The van der Waals surface area contributed by atoms with Gasteiger partial charge in [-0.05, 0) is 25.1 Å². The molecule has 0 saturated heterocycles. The van der Waals surface area contributed by atoms with E-state index in [-0.39, 0.29) is 22.8 Å². The van der Waals surface area contributed by atoms with Crippen LogP contribution in [0.25, 0.3) is 0 Å². The molecule has 0 atom stereocenters. The molecule has 2 rings (SSSR count). The molecule has 0 unspecified atom stereocenters. The lowest BCUT2D eigenvalue weighted by atomic mass is 10.3. The second-order valence-corrected chi connectivity index (χ2v) is 6.04. The zero-order valence-corrected chi connectivity index (χ0v) is 11.9. The third kappa shape index (κ3) is 2.75. The minimum absolute atomic E-state index is 0.0108. The molecule has 2 N–H and O–H groups in total. The third-order valence-electron chi connectivity index (χ3n) is 2.88. The van der Waals surface area contributed by atoms with Gasteiger partial charge in [0.25, 0.3) is 10.0 Å². The lowest BCUT2D eigenvalue weighted by molar-refractivity contribution is 0.0691. The van der Waals surface area contributed by atoms with Gasteiger partial charge in [-0.15, -0.1) is 0 Å². The highest BCUT2D eigenvalue weighted by Gasteiger charge is 2.27. The van der Waals surface area contributed by atoms with Gasteiger partial charge >= 0.3 is 5.97 Å². The molecule has 21 heavy (non-hydrogen) atoms. The van der Waals surface area contributed by atoms with Crippen molar-refractivity contribution in [3.63, 3.8) is 0 Å². The number of rotatable bonds is 5. The van der Waals surface area contributed by atoms with Crippen LogP contribution in [0.5, 0.6) is 0 Å². The quantitative estimate of drug-likeness (QED) is 0.884. The normalized spacial score (nSPS) is 11.3. The largest absolute Gasteiger partial charge is 0.477 e. The second kappa shape index (κ2) is 5.57. The Labute approximate surface area is 120 Å². The maximum Gasteiger partial charge on any atom is 0.352 e. The highest BCUT2D eigenvalue weighted by atomic mass is 32.2. The van der Waals surface area contributed by atoms with E-state index in [4.69, 9.17) is 5.11 Å². The Hall–Kier alpha value is -2.35. The molecule has 0 fully saturated rings. The van der Waals surface area contributed by atoms with E-state index in [0.717, 1.165) is 22.6 Å². The average Bonchev–Trinajstić information content (AvgIpc) is 2.92. The molecule has 0 spiro atoms. The van der Waals surface area contributed by atoms with Crippen LogP contribution in [0, 0.1) is 5.82 Å². The Bertz CT molecular complexity index is 770. The van der Waals surface area contributed by atoms with Crippen LogP contribution in [0.2, 0.25) is 0 Å². The number of aromatic nitrogens is 1. The predicted octanol–water partition coefficient (Wildman–Crippen LogP) is 2.07. The van der Waals surface area contributed by atoms with E-state index < -0.39 is 21.8 Å². The number of aromatic carboxylic acids is 1. The molecule has 8 heteroatoms. The fraction of sp³-hybridized carbons (Fsp3) is 0.154. The molecule has 1 aromatic heterocycles. The molecule has 0 saturated carbocycles. The summed E-state index contributed by atoms with van der Waals surface area (Å²) in [6.07, 6.45) is 1.07. The number of hydrogen-bond donors (Lipinski definition) is 2. The van der Waals surface area contributed by atoms with Gasteiger partial charge in [-0.2, -0.15) is 0 Å². The van der Waals surface area contributed by atoms with Gasteiger partial charge in [-0.3, -0.25) is 4.31 Å². The van der Waals surface area contributed by atoms with Gasteiger partial charge in [0.05, 0.1) is 5.69 Å². The van der Waals surface area contributed by atoms with E-state index in [1.807, 2.05) is 0 Å². The molecule has 1 aromatic carbocycles. The molecule has 0 aliphatic heterocycles. The molecule has 6 nitrogen and oxygen atoms in total. The minimum Gasteiger partial charge on any atom is -0.477 e. The standard InChI is InChI=1S/C13H13FN2O4S/c1-2-16(12-6-4-3-5-10(12)14)21(19,20)9-7-11(13(17)18)15-8-9/h3-8,15H,2H2,1H3,(H,17,18). The van der Waals surface area contributed by atoms with Crippen LogP contribution in [-0.4, -0.2) is 31.0 Å². The van der Waals surface area contributed by atoms with E-state index in [2.05, 4.69) is 4.98 Å². The Balaban J connectivity index is 2.49. The molecule has 0 aliphatic rings. The predicted molar refractivity (Wildman–Crippen MR) is 74.4 cm³/mol. The molecule has 1 heterocycles. The van der Waals surface area contributed by atoms with Crippen LogP contribution in [0.3, 0.4) is 0 Å². The lowest BCUT2D eigenvalue weighted by Gasteiger charge is -2.22. The molecule has 0 amide bonds. The molecule has 0 aliphatic carbocycles. The number of anilines is 1. The van der Waals surface area contributed by atoms with Crippen LogP contribution in [-0.2, 0) is 10.0 Å². The second-order valence-electron chi connectivity index (χ2n) is 4.18. The number of halogens is 1. The van der Waals surface area contributed by atoms with Crippen molar-refractivity contribution in [3.05, 3.63) is 48.0 Å². The molecule has 112 valence electrons. The molecule has 0 bridgehead atoms. The van der Waals surface area contributed by atoms with Crippen molar-refractivity contribution in [3.8, 4) is 0 Å². The van der Waals surface area contributed by atoms with E-state index in [1.54, 1.807) is 6.92 Å². The molecule has 0 radical (unpaired) electrons. The number of carbonyl (C=O) groups is 1. The SMILES string of the molecule is CCN(c1ccccc1F)S(=O)(=O)c1c[nH]c(C(=O)O)c1. The maximum absolute atomic E-state index is 13.8. The summed E-state index contributed by atoms with van der Waals surface area (Å²) in [5, 5.41) is 8.82. The van der Waals surface area contributed by atoms with Crippen LogP contribution in [0.15, 0.2) is 41.4 Å². The van der Waals surface area contributed by atoms with Crippen molar-refractivity contribution in [2.75, 3.05) is 10.8 Å². The number of H-pyrrole nitrogens is 1. The van der Waals surface area contributed by atoms with Gasteiger partial charge in [-0.1, -0.05) is 12.1 Å². The first-order valence-corrected chi connectivity index (χ1v) is 7.51. The van der Waals surface area contributed by atoms with Gasteiger partial charge in [0.15, 0.2) is 0 Å². The van der Waals surface area contributed by atoms with Crippen molar-refractivity contribution < 1.29 is 22.7 Å². The van der Waals surface area contributed by atoms with Gasteiger partial charge in [-0.25, -0.2) is 17.6 Å². The van der Waals surface area contributed by atoms with Crippen molar-refractivity contribution in [2.24, 2.45) is 0 Å². The number of benzene rings is 1. The summed E-state index contributed by atoms with van der Waals surface area (Å²) in [4.78, 5) is 12.9. The van der Waals surface area contributed by atoms with Gasteiger partial charge in [0.2, 0.25) is 0 Å². The van der Waals surface area contributed by atoms with E-state index in [1.165, 1.54) is 18.2 Å². The monoisotopic (exact) mass is 312 g/mol. The highest BCUT2D eigenvalue weighted by Crippen LogP contribution is 2.26. The Morgan fingerprint density at radius 1 is 1.38 bits per heavy atom. The number of hydrogen-bond acceptors (Lipinski definition) is 3. The van der Waals surface area contributed by atoms with Gasteiger partial charge < -0.3 is 10.1 Å². The maximum atomic E-state index is 13.8. The summed E-state index contributed by atoms with van der Waals surface area (Å²) >= 11 is 0. The summed E-state index contributed by atoms with van der Waals surface area (Å²) in [5.74, 6) is -1.94. The van der Waals surface area contributed by atoms with Crippen LogP contribution in [0.1, 0.15) is 17.4 Å². The number of nitrogens with zero attached hydrogens (tertiary/aromatic N) is 1. The fourth-order valence-electron chi connectivity index (χ4n) is 1.90. The Kier molecular flexibility index (Phi) is 3.99. The van der Waals surface area contributed by atoms with Crippen LogP contribution >= 0.6 is 0 Å². The fourth-order valence-corrected chi connectivity index (χ4v) is 3.37. The van der Waals surface area contributed by atoms with Crippen LogP contribution < -0.4 is 4.31 Å².